The van der Waals surface area contributed by atoms with Gasteiger partial charge in [-0.05, 0) is 13.8 Å². The number of ketones is 2. The Morgan fingerprint density at radius 2 is 1.60 bits per heavy atom. The molecule has 0 amide bonds. The first kappa shape index (κ1) is 11.6. The van der Waals surface area contributed by atoms with Crippen LogP contribution in [0.2, 0.25) is 0 Å². The van der Waals surface area contributed by atoms with E-state index >= 15 is 0 Å². The average molecular weight is 208 g/mol. The van der Waals surface area contributed by atoms with Crippen LogP contribution in [0.25, 0.3) is 0 Å². The Morgan fingerprint density at radius 1 is 1.07 bits per heavy atom. The summed E-state index contributed by atoms with van der Waals surface area (Å²) in [6.07, 6.45) is 6.02. The zero-order valence-corrected chi connectivity index (χ0v) is 8.52. The molecule has 0 radical (unpaired) electrons. The Bertz CT molecular complexity index is 397. The van der Waals surface area contributed by atoms with Gasteiger partial charge in [0.15, 0.2) is 0 Å². The molecule has 0 saturated heterocycles. The highest BCUT2D eigenvalue weighted by atomic mass is 16.5. The highest BCUT2D eigenvalue weighted by molar-refractivity contribution is 6.33. The normalized spacial score (nSPS) is 26.1. The summed E-state index contributed by atoms with van der Waals surface area (Å²) in [4.78, 5) is 22.8. The maximum atomic E-state index is 11.4. The van der Waals surface area contributed by atoms with E-state index in [0.717, 1.165) is 0 Å². The molecule has 80 valence electrons. The van der Waals surface area contributed by atoms with Crippen LogP contribution >= 0.6 is 0 Å². The van der Waals surface area contributed by atoms with Gasteiger partial charge in [0.25, 0.3) is 5.79 Å². The van der Waals surface area contributed by atoms with E-state index in [2.05, 4.69) is 0 Å². The van der Waals surface area contributed by atoms with E-state index in [-0.39, 0.29) is 11.1 Å². The number of hydrogen-bond acceptors (Lipinski definition) is 4. The van der Waals surface area contributed by atoms with E-state index in [0.29, 0.717) is 0 Å². The molecule has 0 aromatic carbocycles. The van der Waals surface area contributed by atoms with Crippen LogP contribution < -0.4 is 0 Å². The molecule has 0 aliphatic heterocycles. The molecule has 0 spiro atoms. The molecule has 0 bridgehead atoms. The lowest BCUT2D eigenvalue weighted by Crippen LogP contribution is -2.40. The standard InChI is InChI=1S/C11H12O4/c1-3-5-6-8-7(4-2)9(12)11(14,15)10(8)13/h3-6,14-15H,1-2H3/b5-3-,7-4+,8-6+. The fraction of sp³-hybridized carbons (Fsp3) is 0.273. The van der Waals surface area contributed by atoms with Crippen molar-refractivity contribution in [2.45, 2.75) is 19.6 Å². The number of allylic oxidation sites excluding steroid dienone is 4. The molecular formula is C11H12O4. The summed E-state index contributed by atoms with van der Waals surface area (Å²) < 4.78 is 0. The van der Waals surface area contributed by atoms with Gasteiger partial charge in [0.2, 0.25) is 11.6 Å². The van der Waals surface area contributed by atoms with Gasteiger partial charge >= 0.3 is 0 Å². The predicted octanol–water partition coefficient (Wildman–Crippen LogP) is 0.268. The Kier molecular flexibility index (Phi) is 3.02. The van der Waals surface area contributed by atoms with Gasteiger partial charge in [0.1, 0.15) is 0 Å². The fourth-order valence-corrected chi connectivity index (χ4v) is 1.37. The maximum Gasteiger partial charge on any atom is 0.295 e. The predicted molar refractivity (Wildman–Crippen MR) is 53.8 cm³/mol. The third-order valence-electron chi connectivity index (χ3n) is 2.16. The average Bonchev–Trinajstić information content (AvgIpc) is 2.36. The second-order valence-corrected chi connectivity index (χ2v) is 3.14. The molecule has 1 fully saturated rings. The van der Waals surface area contributed by atoms with Crippen LogP contribution in [0.1, 0.15) is 13.8 Å². The number of carbonyl (C=O) groups excluding carboxylic acids is 2. The van der Waals surface area contributed by atoms with Crippen molar-refractivity contribution in [2.75, 3.05) is 0 Å². The summed E-state index contributed by atoms with van der Waals surface area (Å²) in [6.45, 7) is 3.31. The first-order chi connectivity index (χ1) is 6.96. The molecule has 0 aromatic rings. The molecule has 1 rings (SSSR count). The molecule has 1 saturated carbocycles. The Labute approximate surface area is 87.2 Å². The highest BCUT2D eigenvalue weighted by Gasteiger charge is 2.52. The van der Waals surface area contributed by atoms with Crippen molar-refractivity contribution in [3.8, 4) is 0 Å². The second kappa shape index (κ2) is 3.92. The van der Waals surface area contributed by atoms with Crippen LogP contribution in [0, 0.1) is 0 Å². The first-order valence-electron chi connectivity index (χ1n) is 4.50. The van der Waals surface area contributed by atoms with Crippen molar-refractivity contribution >= 4 is 11.6 Å². The maximum absolute atomic E-state index is 11.4. The molecule has 1 aliphatic rings. The molecule has 0 aromatic heterocycles. The second-order valence-electron chi connectivity index (χ2n) is 3.14. The number of hydrogen-bond donors (Lipinski definition) is 2. The smallest absolute Gasteiger partial charge is 0.295 e. The summed E-state index contributed by atoms with van der Waals surface area (Å²) in [5, 5.41) is 18.5. The summed E-state index contributed by atoms with van der Waals surface area (Å²) in [6, 6.07) is 0. The zero-order valence-electron chi connectivity index (χ0n) is 8.52. The van der Waals surface area contributed by atoms with Crippen LogP contribution in [-0.2, 0) is 9.59 Å². The van der Waals surface area contributed by atoms with Gasteiger partial charge in [-0.15, -0.1) is 0 Å². The molecule has 2 N–H and O–H groups in total. The number of rotatable bonds is 1. The molecule has 0 atom stereocenters. The van der Waals surface area contributed by atoms with Gasteiger partial charge in [0.05, 0.1) is 0 Å². The SMILES string of the molecule is C\C=C/C=C1/C(=O)C(O)(O)C(=O)/C1=C/C. The van der Waals surface area contributed by atoms with E-state index in [9.17, 15) is 19.8 Å². The number of Topliss-reactive ketones (excluding diaryl/α,β-unsaturated/α-hetero) is 2. The van der Waals surface area contributed by atoms with Crippen molar-refractivity contribution in [3.63, 3.8) is 0 Å². The van der Waals surface area contributed by atoms with Gasteiger partial charge < -0.3 is 10.2 Å². The molecule has 1 aliphatic carbocycles. The van der Waals surface area contributed by atoms with E-state index in [1.165, 1.54) is 12.2 Å². The molecule has 0 unspecified atom stereocenters. The molecular weight excluding hydrogens is 196 g/mol. The van der Waals surface area contributed by atoms with Crippen LogP contribution in [0.4, 0.5) is 0 Å². The minimum Gasteiger partial charge on any atom is -0.353 e. The van der Waals surface area contributed by atoms with Crippen molar-refractivity contribution in [2.24, 2.45) is 0 Å². The molecule has 15 heavy (non-hydrogen) atoms. The Morgan fingerprint density at radius 3 is 2.07 bits per heavy atom. The lowest BCUT2D eigenvalue weighted by Gasteiger charge is -2.07. The van der Waals surface area contributed by atoms with Gasteiger partial charge in [-0.3, -0.25) is 9.59 Å². The van der Waals surface area contributed by atoms with E-state index in [1.807, 2.05) is 0 Å². The van der Waals surface area contributed by atoms with Gasteiger partial charge in [0, 0.05) is 11.1 Å². The summed E-state index contributed by atoms with van der Waals surface area (Å²) in [7, 11) is 0. The number of carbonyl (C=O) groups is 2. The minimum atomic E-state index is -2.89. The van der Waals surface area contributed by atoms with E-state index < -0.39 is 17.4 Å². The largest absolute Gasteiger partial charge is 0.353 e. The Hall–Kier alpha value is -1.52. The third kappa shape index (κ3) is 1.69. The lowest BCUT2D eigenvalue weighted by molar-refractivity contribution is -0.179. The lowest BCUT2D eigenvalue weighted by atomic mass is 10.1. The van der Waals surface area contributed by atoms with Crippen molar-refractivity contribution < 1.29 is 19.8 Å². The van der Waals surface area contributed by atoms with Crippen LogP contribution in [0.15, 0.2) is 35.5 Å². The highest BCUT2D eigenvalue weighted by Crippen LogP contribution is 2.30. The summed E-state index contributed by atoms with van der Waals surface area (Å²) in [5.41, 5.74) is 0.0775. The van der Waals surface area contributed by atoms with Gasteiger partial charge in [-0.1, -0.05) is 24.3 Å². The van der Waals surface area contributed by atoms with Crippen molar-refractivity contribution in [3.05, 3.63) is 35.5 Å². The van der Waals surface area contributed by atoms with E-state index in [4.69, 9.17) is 0 Å². The van der Waals surface area contributed by atoms with Crippen LogP contribution in [0.5, 0.6) is 0 Å². The summed E-state index contributed by atoms with van der Waals surface area (Å²) >= 11 is 0. The molecule has 4 heteroatoms. The van der Waals surface area contributed by atoms with Crippen LogP contribution in [-0.4, -0.2) is 27.6 Å². The van der Waals surface area contributed by atoms with Crippen LogP contribution in [0.3, 0.4) is 0 Å². The molecule has 4 nitrogen and oxygen atoms in total. The van der Waals surface area contributed by atoms with Gasteiger partial charge in [-0.25, -0.2) is 0 Å². The summed E-state index contributed by atoms with van der Waals surface area (Å²) in [5.74, 6) is -4.83. The number of aliphatic hydroxyl groups is 2. The fourth-order valence-electron chi connectivity index (χ4n) is 1.37. The monoisotopic (exact) mass is 208 g/mol. The molecule has 0 heterocycles. The minimum absolute atomic E-state index is 0.0330. The van der Waals surface area contributed by atoms with E-state index in [1.54, 1.807) is 26.0 Å². The third-order valence-corrected chi connectivity index (χ3v) is 2.16. The quantitative estimate of drug-likeness (QED) is 0.368. The first-order valence-corrected chi connectivity index (χ1v) is 4.50. The zero-order chi connectivity index (χ0) is 11.6. The van der Waals surface area contributed by atoms with Crippen molar-refractivity contribution in [1.82, 2.24) is 0 Å². The van der Waals surface area contributed by atoms with Crippen molar-refractivity contribution in [1.29, 1.82) is 0 Å². The Balaban J connectivity index is 3.31. The topological polar surface area (TPSA) is 74.6 Å². The van der Waals surface area contributed by atoms with Gasteiger partial charge in [-0.2, -0.15) is 0 Å².